The normalized spacial score (nSPS) is 19.0. The highest BCUT2D eigenvalue weighted by atomic mass is 32.2. The number of nitrogens with zero attached hydrogens (tertiary/aromatic N) is 3. The summed E-state index contributed by atoms with van der Waals surface area (Å²) in [7, 11) is -3.61. The van der Waals surface area contributed by atoms with Gasteiger partial charge in [0, 0.05) is 30.7 Å². The molecule has 1 atom stereocenters. The highest BCUT2D eigenvalue weighted by molar-refractivity contribution is 7.89. The SMILES string of the molecule is Cc1noc(C)c1S(=O)(=O)NCC1CCCN1c1nccs1. The van der Waals surface area contributed by atoms with Crippen molar-refractivity contribution in [2.45, 2.75) is 37.6 Å². The van der Waals surface area contributed by atoms with Crippen LogP contribution in [0.15, 0.2) is 21.0 Å². The maximum atomic E-state index is 12.4. The van der Waals surface area contributed by atoms with Crippen LogP contribution in [-0.2, 0) is 10.0 Å². The Labute approximate surface area is 133 Å². The summed E-state index contributed by atoms with van der Waals surface area (Å²) in [6.45, 7) is 4.49. The fraction of sp³-hybridized carbons (Fsp3) is 0.538. The van der Waals surface area contributed by atoms with Gasteiger partial charge in [-0.3, -0.25) is 0 Å². The summed E-state index contributed by atoms with van der Waals surface area (Å²) < 4.78 is 32.5. The third-order valence-corrected chi connectivity index (χ3v) is 6.26. The molecule has 22 heavy (non-hydrogen) atoms. The Morgan fingerprint density at radius 3 is 2.95 bits per heavy atom. The molecule has 0 aromatic carbocycles. The zero-order valence-electron chi connectivity index (χ0n) is 12.4. The highest BCUT2D eigenvalue weighted by Crippen LogP contribution is 2.27. The first kappa shape index (κ1) is 15.4. The molecule has 9 heteroatoms. The Balaban J connectivity index is 1.72. The van der Waals surface area contributed by atoms with Crippen molar-refractivity contribution in [1.82, 2.24) is 14.9 Å². The molecule has 1 aliphatic rings. The molecule has 3 rings (SSSR count). The maximum absolute atomic E-state index is 12.4. The number of hydrogen-bond acceptors (Lipinski definition) is 7. The molecule has 0 spiro atoms. The minimum Gasteiger partial charge on any atom is -0.360 e. The van der Waals surface area contributed by atoms with E-state index in [0.29, 0.717) is 18.0 Å². The van der Waals surface area contributed by atoms with Gasteiger partial charge in [-0.05, 0) is 26.7 Å². The Morgan fingerprint density at radius 2 is 2.32 bits per heavy atom. The quantitative estimate of drug-likeness (QED) is 0.890. The van der Waals surface area contributed by atoms with Crippen LogP contribution >= 0.6 is 11.3 Å². The number of hydrogen-bond donors (Lipinski definition) is 1. The van der Waals surface area contributed by atoms with E-state index in [9.17, 15) is 8.42 Å². The fourth-order valence-electron chi connectivity index (χ4n) is 2.79. The van der Waals surface area contributed by atoms with Gasteiger partial charge in [0.25, 0.3) is 0 Å². The Kier molecular flexibility index (Phi) is 4.20. The molecule has 1 saturated heterocycles. The standard InChI is InChI=1S/C13H18N4O3S2/c1-9-12(10(2)20-16-9)22(18,19)15-8-11-4-3-6-17(11)13-14-5-7-21-13/h5,7,11,15H,3-4,6,8H2,1-2H3. The van der Waals surface area contributed by atoms with Crippen molar-refractivity contribution in [2.75, 3.05) is 18.0 Å². The van der Waals surface area contributed by atoms with Crippen LogP contribution in [0.25, 0.3) is 0 Å². The number of anilines is 1. The molecule has 2 aromatic heterocycles. The third kappa shape index (κ3) is 2.88. The lowest BCUT2D eigenvalue weighted by Crippen LogP contribution is -2.40. The largest absolute Gasteiger partial charge is 0.360 e. The zero-order chi connectivity index (χ0) is 15.7. The third-order valence-electron chi connectivity index (χ3n) is 3.79. The van der Waals surface area contributed by atoms with Gasteiger partial charge in [0.1, 0.15) is 10.6 Å². The molecule has 1 N–H and O–H groups in total. The molecule has 0 saturated carbocycles. The number of aryl methyl sites for hydroxylation is 2. The van der Waals surface area contributed by atoms with E-state index in [2.05, 4.69) is 19.8 Å². The van der Waals surface area contributed by atoms with Crippen LogP contribution in [0.3, 0.4) is 0 Å². The van der Waals surface area contributed by atoms with Gasteiger partial charge in [0.05, 0.1) is 0 Å². The molecule has 3 heterocycles. The van der Waals surface area contributed by atoms with Crippen molar-refractivity contribution in [2.24, 2.45) is 0 Å². The van der Waals surface area contributed by atoms with Crippen molar-refractivity contribution in [3.05, 3.63) is 23.0 Å². The van der Waals surface area contributed by atoms with Crippen LogP contribution in [0.1, 0.15) is 24.3 Å². The van der Waals surface area contributed by atoms with Crippen LogP contribution in [0.2, 0.25) is 0 Å². The monoisotopic (exact) mass is 342 g/mol. The van der Waals surface area contributed by atoms with Gasteiger partial charge in [-0.25, -0.2) is 18.1 Å². The molecule has 0 amide bonds. The summed E-state index contributed by atoms with van der Waals surface area (Å²) in [5.41, 5.74) is 0.383. The van der Waals surface area contributed by atoms with E-state index >= 15 is 0 Å². The van der Waals surface area contributed by atoms with E-state index in [4.69, 9.17) is 4.52 Å². The molecule has 7 nitrogen and oxygen atoms in total. The van der Waals surface area contributed by atoms with Crippen molar-refractivity contribution >= 4 is 26.5 Å². The second kappa shape index (κ2) is 5.98. The van der Waals surface area contributed by atoms with Crippen molar-refractivity contribution in [3.63, 3.8) is 0 Å². The van der Waals surface area contributed by atoms with Crippen molar-refractivity contribution < 1.29 is 12.9 Å². The Hall–Kier alpha value is -1.45. The van der Waals surface area contributed by atoms with Gasteiger partial charge >= 0.3 is 0 Å². The molecule has 0 bridgehead atoms. The number of aromatic nitrogens is 2. The number of thiazole rings is 1. The van der Waals surface area contributed by atoms with Gasteiger partial charge in [-0.15, -0.1) is 11.3 Å². The number of rotatable bonds is 5. The van der Waals surface area contributed by atoms with E-state index in [-0.39, 0.29) is 10.9 Å². The van der Waals surface area contributed by atoms with E-state index in [1.165, 1.54) is 0 Å². The molecule has 0 aliphatic carbocycles. The highest BCUT2D eigenvalue weighted by Gasteiger charge is 2.30. The van der Waals surface area contributed by atoms with Gasteiger partial charge in [0.2, 0.25) is 10.0 Å². The van der Waals surface area contributed by atoms with Crippen LogP contribution in [0.5, 0.6) is 0 Å². The predicted molar refractivity (Wildman–Crippen MR) is 83.6 cm³/mol. The summed E-state index contributed by atoms with van der Waals surface area (Å²) in [5.74, 6) is 0.313. The second-order valence-corrected chi connectivity index (χ2v) is 7.89. The van der Waals surface area contributed by atoms with Crippen LogP contribution in [-0.4, -0.2) is 37.7 Å². The van der Waals surface area contributed by atoms with Gasteiger partial charge in [-0.2, -0.15) is 0 Å². The fourth-order valence-corrected chi connectivity index (χ4v) is 4.93. The first-order valence-electron chi connectivity index (χ1n) is 7.07. The molecule has 1 unspecified atom stereocenters. The van der Waals surface area contributed by atoms with E-state index in [1.807, 2.05) is 5.38 Å². The number of sulfonamides is 1. The first-order valence-corrected chi connectivity index (χ1v) is 9.44. The minimum atomic E-state index is -3.61. The van der Waals surface area contributed by atoms with Crippen molar-refractivity contribution in [1.29, 1.82) is 0 Å². The van der Waals surface area contributed by atoms with Gasteiger partial charge in [0.15, 0.2) is 10.9 Å². The van der Waals surface area contributed by atoms with Gasteiger partial charge < -0.3 is 9.42 Å². The molecular weight excluding hydrogens is 324 g/mol. The van der Waals surface area contributed by atoms with Gasteiger partial charge in [-0.1, -0.05) is 5.16 Å². The second-order valence-electron chi connectivity index (χ2n) is 5.31. The summed E-state index contributed by atoms with van der Waals surface area (Å²) in [6, 6.07) is 0.126. The smallest absolute Gasteiger partial charge is 0.246 e. The average Bonchev–Trinajstić information content (AvgIpc) is 3.17. The minimum absolute atomic E-state index is 0.126. The zero-order valence-corrected chi connectivity index (χ0v) is 14.1. The molecule has 1 fully saturated rings. The van der Waals surface area contributed by atoms with Crippen LogP contribution < -0.4 is 9.62 Å². The Bertz CT molecular complexity index is 720. The summed E-state index contributed by atoms with van der Waals surface area (Å²) in [6.07, 6.45) is 3.75. The maximum Gasteiger partial charge on any atom is 0.246 e. The summed E-state index contributed by atoms with van der Waals surface area (Å²) >= 11 is 1.57. The van der Waals surface area contributed by atoms with Crippen LogP contribution in [0.4, 0.5) is 5.13 Å². The molecule has 1 aliphatic heterocycles. The van der Waals surface area contributed by atoms with E-state index in [0.717, 1.165) is 24.5 Å². The lowest BCUT2D eigenvalue weighted by molar-refractivity contribution is 0.390. The molecule has 0 radical (unpaired) electrons. The molecule has 2 aromatic rings. The lowest BCUT2D eigenvalue weighted by atomic mass is 10.2. The van der Waals surface area contributed by atoms with Crippen LogP contribution in [0, 0.1) is 13.8 Å². The average molecular weight is 342 g/mol. The molecule has 120 valence electrons. The first-order chi connectivity index (χ1) is 10.5. The summed E-state index contributed by atoms with van der Waals surface area (Å²) in [5, 5.41) is 6.58. The lowest BCUT2D eigenvalue weighted by Gasteiger charge is -2.24. The van der Waals surface area contributed by atoms with E-state index in [1.54, 1.807) is 31.4 Å². The number of nitrogens with one attached hydrogen (secondary N) is 1. The predicted octanol–water partition coefficient (Wildman–Crippen LogP) is 1.70. The van der Waals surface area contributed by atoms with Crippen molar-refractivity contribution in [3.8, 4) is 0 Å². The topological polar surface area (TPSA) is 88.3 Å². The Morgan fingerprint density at radius 1 is 1.50 bits per heavy atom. The van der Waals surface area contributed by atoms with E-state index < -0.39 is 10.0 Å². The molecular formula is C13H18N4O3S2. The summed E-state index contributed by atoms with van der Waals surface area (Å²) in [4.78, 5) is 6.63.